The van der Waals surface area contributed by atoms with Crippen molar-refractivity contribution in [3.05, 3.63) is 15.6 Å². The normalized spacial score (nSPS) is 22.2. The van der Waals surface area contributed by atoms with Crippen LogP contribution in [0.2, 0.25) is 0 Å². The van der Waals surface area contributed by atoms with Crippen molar-refractivity contribution in [3.8, 4) is 0 Å². The molecule has 1 aromatic rings. The molecule has 0 spiro atoms. The van der Waals surface area contributed by atoms with Gasteiger partial charge >= 0.3 is 0 Å². The van der Waals surface area contributed by atoms with Crippen LogP contribution in [-0.2, 0) is 12.8 Å². The van der Waals surface area contributed by atoms with Gasteiger partial charge in [0.2, 0.25) is 0 Å². The minimum atomic E-state index is 0.499. The maximum Gasteiger partial charge on any atom is 0.110 e. The van der Waals surface area contributed by atoms with Crippen LogP contribution in [0, 0.1) is 5.92 Å². The summed E-state index contributed by atoms with van der Waals surface area (Å²) in [6, 6.07) is 0.499. The Balaban J connectivity index is 1.68. The maximum atomic E-state index is 4.94. The van der Waals surface area contributed by atoms with E-state index in [1.807, 2.05) is 11.3 Å². The van der Waals surface area contributed by atoms with Crippen molar-refractivity contribution >= 4 is 11.3 Å². The molecule has 1 heterocycles. The van der Waals surface area contributed by atoms with E-state index in [4.69, 9.17) is 4.98 Å². The zero-order chi connectivity index (χ0) is 13.1. The molecule has 0 aromatic carbocycles. The van der Waals surface area contributed by atoms with E-state index in [1.54, 1.807) is 4.88 Å². The first kappa shape index (κ1) is 13.6. The molecule has 2 aliphatic carbocycles. The molecule has 3 heteroatoms. The summed E-state index contributed by atoms with van der Waals surface area (Å²) in [6.45, 7) is 0. The lowest BCUT2D eigenvalue weighted by Crippen LogP contribution is -2.21. The van der Waals surface area contributed by atoms with Crippen LogP contribution < -0.4 is 5.32 Å². The number of hydrogen-bond acceptors (Lipinski definition) is 3. The van der Waals surface area contributed by atoms with E-state index in [2.05, 4.69) is 12.4 Å². The molecule has 2 aliphatic rings. The van der Waals surface area contributed by atoms with Gasteiger partial charge in [0.15, 0.2) is 0 Å². The first-order valence-electron chi connectivity index (χ1n) is 8.02. The predicted octanol–water partition coefficient (Wildman–Crippen LogP) is 4.25. The Kier molecular flexibility index (Phi) is 4.54. The van der Waals surface area contributed by atoms with E-state index in [0.717, 1.165) is 5.92 Å². The first-order valence-corrected chi connectivity index (χ1v) is 8.84. The lowest BCUT2D eigenvalue weighted by Gasteiger charge is -2.25. The zero-order valence-electron chi connectivity index (χ0n) is 12.1. The van der Waals surface area contributed by atoms with Gasteiger partial charge < -0.3 is 5.32 Å². The number of hydrogen-bond donors (Lipinski definition) is 1. The SMILES string of the molecule is CNC(CC1CCCCC1)c1nc2c(s1)CCCC2. The second kappa shape index (κ2) is 6.36. The van der Waals surface area contributed by atoms with Gasteiger partial charge in [-0.3, -0.25) is 0 Å². The Morgan fingerprint density at radius 1 is 1.16 bits per heavy atom. The molecule has 1 unspecified atom stereocenters. The van der Waals surface area contributed by atoms with E-state index >= 15 is 0 Å². The maximum absolute atomic E-state index is 4.94. The van der Waals surface area contributed by atoms with Crippen LogP contribution in [0.1, 0.15) is 73.0 Å². The largest absolute Gasteiger partial charge is 0.311 e. The molecule has 0 bridgehead atoms. The Labute approximate surface area is 121 Å². The van der Waals surface area contributed by atoms with E-state index in [-0.39, 0.29) is 0 Å². The highest BCUT2D eigenvalue weighted by Gasteiger charge is 2.23. The van der Waals surface area contributed by atoms with Crippen molar-refractivity contribution in [1.82, 2.24) is 10.3 Å². The summed E-state index contributed by atoms with van der Waals surface area (Å²) in [4.78, 5) is 6.52. The molecule has 3 rings (SSSR count). The summed E-state index contributed by atoms with van der Waals surface area (Å²) in [5.74, 6) is 0.923. The van der Waals surface area contributed by atoms with Gasteiger partial charge in [0.25, 0.3) is 0 Å². The van der Waals surface area contributed by atoms with Gasteiger partial charge in [-0.25, -0.2) is 4.98 Å². The fourth-order valence-electron chi connectivity index (χ4n) is 3.62. The lowest BCUT2D eigenvalue weighted by atomic mass is 9.85. The summed E-state index contributed by atoms with van der Waals surface area (Å²) >= 11 is 1.98. The van der Waals surface area contributed by atoms with E-state index < -0.39 is 0 Å². The molecule has 19 heavy (non-hydrogen) atoms. The number of nitrogens with one attached hydrogen (secondary N) is 1. The average Bonchev–Trinajstić information content (AvgIpc) is 2.89. The van der Waals surface area contributed by atoms with E-state index in [9.17, 15) is 0 Å². The summed E-state index contributed by atoms with van der Waals surface area (Å²) in [5.41, 5.74) is 1.41. The standard InChI is InChI=1S/C16H26N2S/c1-17-14(11-12-7-3-2-4-8-12)16-18-13-9-5-6-10-15(13)19-16/h12,14,17H,2-11H2,1H3. The third-order valence-electron chi connectivity index (χ3n) is 4.80. The number of rotatable bonds is 4. The second-order valence-electron chi connectivity index (χ2n) is 6.21. The Bertz CT molecular complexity index is 383. The molecule has 1 aromatic heterocycles. The highest BCUT2D eigenvalue weighted by Crippen LogP contribution is 2.35. The van der Waals surface area contributed by atoms with Crippen molar-refractivity contribution in [3.63, 3.8) is 0 Å². The summed E-state index contributed by atoms with van der Waals surface area (Å²) in [6.07, 6.45) is 13.7. The molecule has 2 nitrogen and oxygen atoms in total. The molecule has 106 valence electrons. The lowest BCUT2D eigenvalue weighted by molar-refractivity contribution is 0.305. The van der Waals surface area contributed by atoms with Crippen LogP contribution in [0.25, 0.3) is 0 Å². The highest BCUT2D eigenvalue weighted by atomic mass is 32.1. The van der Waals surface area contributed by atoms with Gasteiger partial charge in [-0.05, 0) is 45.1 Å². The third kappa shape index (κ3) is 3.19. The van der Waals surface area contributed by atoms with Crippen LogP contribution in [0.5, 0.6) is 0 Å². The monoisotopic (exact) mass is 278 g/mol. The van der Waals surface area contributed by atoms with Crippen LogP contribution in [-0.4, -0.2) is 12.0 Å². The van der Waals surface area contributed by atoms with Gasteiger partial charge in [0.05, 0.1) is 11.7 Å². The number of fused-ring (bicyclic) bond motifs is 1. The Morgan fingerprint density at radius 3 is 2.68 bits per heavy atom. The van der Waals surface area contributed by atoms with Crippen molar-refractivity contribution in [2.24, 2.45) is 5.92 Å². The van der Waals surface area contributed by atoms with Gasteiger partial charge in [-0.15, -0.1) is 11.3 Å². The van der Waals surface area contributed by atoms with Gasteiger partial charge in [-0.2, -0.15) is 0 Å². The summed E-state index contributed by atoms with van der Waals surface area (Å²) in [5, 5.41) is 4.88. The van der Waals surface area contributed by atoms with Crippen LogP contribution in [0.3, 0.4) is 0 Å². The summed E-state index contributed by atoms with van der Waals surface area (Å²) in [7, 11) is 2.11. The van der Waals surface area contributed by atoms with Crippen molar-refractivity contribution in [2.75, 3.05) is 7.05 Å². The van der Waals surface area contributed by atoms with Crippen molar-refractivity contribution in [1.29, 1.82) is 0 Å². The number of aromatic nitrogens is 1. The third-order valence-corrected chi connectivity index (χ3v) is 6.07. The van der Waals surface area contributed by atoms with E-state index in [1.165, 1.54) is 74.9 Å². The molecule has 0 saturated heterocycles. The van der Waals surface area contributed by atoms with Crippen molar-refractivity contribution in [2.45, 2.75) is 70.3 Å². The Morgan fingerprint density at radius 2 is 1.95 bits per heavy atom. The van der Waals surface area contributed by atoms with Gasteiger partial charge in [-0.1, -0.05) is 32.1 Å². The molecule has 0 aliphatic heterocycles. The fourth-order valence-corrected chi connectivity index (χ4v) is 4.90. The molecular formula is C16H26N2S. The zero-order valence-corrected chi connectivity index (χ0v) is 12.9. The average molecular weight is 278 g/mol. The molecule has 1 atom stereocenters. The first-order chi connectivity index (χ1) is 9.36. The number of nitrogens with zero attached hydrogens (tertiary/aromatic N) is 1. The highest BCUT2D eigenvalue weighted by molar-refractivity contribution is 7.11. The fraction of sp³-hybridized carbons (Fsp3) is 0.812. The Hall–Kier alpha value is -0.410. The van der Waals surface area contributed by atoms with Crippen LogP contribution in [0.4, 0.5) is 0 Å². The second-order valence-corrected chi connectivity index (χ2v) is 7.33. The van der Waals surface area contributed by atoms with Crippen LogP contribution in [0.15, 0.2) is 0 Å². The quantitative estimate of drug-likeness (QED) is 0.890. The molecule has 0 amide bonds. The minimum absolute atomic E-state index is 0.499. The molecule has 0 radical (unpaired) electrons. The van der Waals surface area contributed by atoms with Gasteiger partial charge in [0.1, 0.15) is 5.01 Å². The topological polar surface area (TPSA) is 24.9 Å². The van der Waals surface area contributed by atoms with Crippen LogP contribution >= 0.6 is 11.3 Å². The molecule has 1 fully saturated rings. The molecule has 1 N–H and O–H groups in total. The summed E-state index contributed by atoms with van der Waals surface area (Å²) < 4.78 is 0. The van der Waals surface area contributed by atoms with Gasteiger partial charge in [0, 0.05) is 4.88 Å². The smallest absolute Gasteiger partial charge is 0.110 e. The number of thiazole rings is 1. The predicted molar refractivity (Wildman–Crippen MR) is 81.7 cm³/mol. The minimum Gasteiger partial charge on any atom is -0.311 e. The van der Waals surface area contributed by atoms with E-state index in [0.29, 0.717) is 6.04 Å². The number of aryl methyl sites for hydroxylation is 2. The molecule has 1 saturated carbocycles. The molecular weight excluding hydrogens is 252 g/mol. The van der Waals surface area contributed by atoms with Crippen molar-refractivity contribution < 1.29 is 0 Å².